The summed E-state index contributed by atoms with van der Waals surface area (Å²) in [5.41, 5.74) is 1.07. The molecule has 1 N–H and O–H groups in total. The molecule has 1 saturated carbocycles. The van der Waals surface area contributed by atoms with E-state index in [-0.39, 0.29) is 6.04 Å². The zero-order valence-electron chi connectivity index (χ0n) is 8.74. The van der Waals surface area contributed by atoms with Gasteiger partial charge in [0.2, 0.25) is 5.88 Å². The predicted octanol–water partition coefficient (Wildman–Crippen LogP) is 1.68. The van der Waals surface area contributed by atoms with Crippen molar-refractivity contribution >= 4 is 0 Å². The lowest BCUT2D eigenvalue weighted by atomic mass is 9.90. The highest BCUT2D eigenvalue weighted by Crippen LogP contribution is 2.23. The Morgan fingerprint density at radius 3 is 3.07 bits per heavy atom. The van der Waals surface area contributed by atoms with Crippen molar-refractivity contribution in [1.82, 2.24) is 10.3 Å². The first-order valence-electron chi connectivity index (χ1n) is 5.16. The number of alkyl halides is 1. The Bertz CT molecular complexity index is 332. The summed E-state index contributed by atoms with van der Waals surface area (Å²) in [4.78, 5) is 4.01. The first-order chi connectivity index (χ1) is 7.29. The maximum Gasteiger partial charge on any atom is 0.213 e. The van der Waals surface area contributed by atoms with E-state index >= 15 is 0 Å². The van der Waals surface area contributed by atoms with Crippen LogP contribution in [0.3, 0.4) is 0 Å². The summed E-state index contributed by atoms with van der Waals surface area (Å²) in [5, 5.41) is 3.18. The molecule has 0 aromatic carbocycles. The van der Waals surface area contributed by atoms with E-state index in [1.54, 1.807) is 13.3 Å². The fraction of sp³-hybridized carbons (Fsp3) is 0.545. The van der Waals surface area contributed by atoms with Gasteiger partial charge in [-0.25, -0.2) is 9.37 Å². The first-order valence-corrected chi connectivity index (χ1v) is 5.16. The van der Waals surface area contributed by atoms with Gasteiger partial charge in [-0.1, -0.05) is 0 Å². The van der Waals surface area contributed by atoms with Crippen molar-refractivity contribution in [3.63, 3.8) is 0 Å². The van der Waals surface area contributed by atoms with Gasteiger partial charge in [0, 0.05) is 24.8 Å². The van der Waals surface area contributed by atoms with Crippen molar-refractivity contribution in [2.45, 2.75) is 31.6 Å². The fourth-order valence-electron chi connectivity index (χ4n) is 1.61. The van der Waals surface area contributed by atoms with Gasteiger partial charge in [0.05, 0.1) is 7.11 Å². The molecule has 82 valence electrons. The standard InChI is InChI=1S/C11H15FN2O/c1-15-11-6-8(4-5-13-11)7-14-10-3-2-9(10)12/h4-6,9-10,14H,2-3,7H2,1H3. The summed E-state index contributed by atoms with van der Waals surface area (Å²) in [6.45, 7) is 0.671. The number of nitrogens with one attached hydrogen (secondary N) is 1. The molecule has 1 aliphatic rings. The molecular formula is C11H15FN2O. The zero-order valence-corrected chi connectivity index (χ0v) is 8.74. The van der Waals surface area contributed by atoms with Gasteiger partial charge < -0.3 is 10.1 Å². The van der Waals surface area contributed by atoms with Crippen LogP contribution in [0, 0.1) is 0 Å². The number of aromatic nitrogens is 1. The van der Waals surface area contributed by atoms with Crippen molar-refractivity contribution in [1.29, 1.82) is 0 Å². The minimum absolute atomic E-state index is 0.0316. The average molecular weight is 210 g/mol. The molecule has 2 unspecified atom stereocenters. The Kier molecular flexibility index (Phi) is 3.16. The molecule has 1 heterocycles. The Morgan fingerprint density at radius 2 is 2.47 bits per heavy atom. The highest BCUT2D eigenvalue weighted by Gasteiger charge is 2.29. The van der Waals surface area contributed by atoms with E-state index < -0.39 is 6.17 Å². The molecule has 0 bridgehead atoms. The van der Waals surface area contributed by atoms with E-state index in [9.17, 15) is 4.39 Å². The topological polar surface area (TPSA) is 34.1 Å². The van der Waals surface area contributed by atoms with Gasteiger partial charge in [0.15, 0.2) is 0 Å². The first kappa shape index (κ1) is 10.4. The van der Waals surface area contributed by atoms with Gasteiger partial charge in [0.1, 0.15) is 6.17 Å². The molecule has 1 aromatic rings. The van der Waals surface area contributed by atoms with E-state index in [4.69, 9.17) is 4.74 Å². The van der Waals surface area contributed by atoms with Crippen LogP contribution < -0.4 is 10.1 Å². The highest BCUT2D eigenvalue weighted by molar-refractivity contribution is 5.20. The van der Waals surface area contributed by atoms with Gasteiger partial charge in [-0.2, -0.15) is 0 Å². The molecule has 1 fully saturated rings. The summed E-state index contributed by atoms with van der Waals surface area (Å²) in [6, 6.07) is 3.80. The summed E-state index contributed by atoms with van der Waals surface area (Å²) in [5.74, 6) is 0.597. The predicted molar refractivity (Wildman–Crippen MR) is 55.5 cm³/mol. The van der Waals surface area contributed by atoms with Gasteiger partial charge in [-0.3, -0.25) is 0 Å². The van der Waals surface area contributed by atoms with Gasteiger partial charge >= 0.3 is 0 Å². The molecule has 1 aliphatic carbocycles. The van der Waals surface area contributed by atoms with Crippen LogP contribution in [0.4, 0.5) is 4.39 Å². The van der Waals surface area contributed by atoms with Crippen molar-refractivity contribution in [2.75, 3.05) is 7.11 Å². The second-order valence-corrected chi connectivity index (χ2v) is 3.79. The quantitative estimate of drug-likeness (QED) is 0.821. The molecule has 15 heavy (non-hydrogen) atoms. The lowest BCUT2D eigenvalue weighted by Crippen LogP contribution is -2.45. The lowest BCUT2D eigenvalue weighted by Gasteiger charge is -2.31. The third kappa shape index (κ3) is 2.45. The largest absolute Gasteiger partial charge is 0.481 e. The minimum atomic E-state index is -0.672. The Morgan fingerprint density at radius 1 is 1.60 bits per heavy atom. The van der Waals surface area contributed by atoms with Crippen LogP contribution in [0.5, 0.6) is 5.88 Å². The van der Waals surface area contributed by atoms with Gasteiger partial charge in [-0.15, -0.1) is 0 Å². The summed E-state index contributed by atoms with van der Waals surface area (Å²) in [6.07, 6.45) is 2.65. The molecule has 3 nitrogen and oxygen atoms in total. The molecule has 2 rings (SSSR count). The van der Waals surface area contributed by atoms with Gasteiger partial charge in [0.25, 0.3) is 0 Å². The zero-order chi connectivity index (χ0) is 10.7. The number of rotatable bonds is 4. The van der Waals surface area contributed by atoms with Gasteiger partial charge in [-0.05, 0) is 24.5 Å². The SMILES string of the molecule is COc1cc(CNC2CCC2F)ccn1. The van der Waals surface area contributed by atoms with Crippen LogP contribution in [0.15, 0.2) is 18.3 Å². The third-order valence-corrected chi connectivity index (χ3v) is 2.77. The molecule has 2 atom stereocenters. The third-order valence-electron chi connectivity index (χ3n) is 2.77. The molecule has 1 aromatic heterocycles. The lowest BCUT2D eigenvalue weighted by molar-refractivity contribution is 0.141. The molecule has 4 heteroatoms. The Labute approximate surface area is 88.7 Å². The highest BCUT2D eigenvalue weighted by atomic mass is 19.1. The fourth-order valence-corrected chi connectivity index (χ4v) is 1.61. The van der Waals surface area contributed by atoms with Crippen LogP contribution in [0.2, 0.25) is 0 Å². The van der Waals surface area contributed by atoms with E-state index in [1.807, 2.05) is 12.1 Å². The normalized spacial score (nSPS) is 24.7. The molecule has 0 spiro atoms. The number of ether oxygens (including phenoxy) is 1. The number of halogens is 1. The van der Waals surface area contributed by atoms with Crippen LogP contribution in [-0.2, 0) is 6.54 Å². The molecule has 0 radical (unpaired) electrons. The summed E-state index contributed by atoms with van der Waals surface area (Å²) in [7, 11) is 1.59. The van der Waals surface area contributed by atoms with Crippen molar-refractivity contribution in [3.05, 3.63) is 23.9 Å². The average Bonchev–Trinajstić information content (AvgIpc) is 2.27. The number of nitrogens with zero attached hydrogens (tertiary/aromatic N) is 1. The maximum absolute atomic E-state index is 12.9. The Hall–Kier alpha value is -1.16. The van der Waals surface area contributed by atoms with Crippen molar-refractivity contribution in [2.24, 2.45) is 0 Å². The molecule has 0 saturated heterocycles. The number of pyridine rings is 1. The smallest absolute Gasteiger partial charge is 0.213 e. The van der Waals surface area contributed by atoms with Crippen LogP contribution in [0.1, 0.15) is 18.4 Å². The number of hydrogen-bond acceptors (Lipinski definition) is 3. The minimum Gasteiger partial charge on any atom is -0.481 e. The van der Waals surface area contributed by atoms with E-state index in [1.165, 1.54) is 0 Å². The van der Waals surface area contributed by atoms with Crippen LogP contribution in [0.25, 0.3) is 0 Å². The molecule has 0 amide bonds. The Balaban J connectivity index is 1.87. The maximum atomic E-state index is 12.9. The summed E-state index contributed by atoms with van der Waals surface area (Å²) >= 11 is 0. The monoisotopic (exact) mass is 210 g/mol. The summed E-state index contributed by atoms with van der Waals surface area (Å²) < 4.78 is 17.9. The van der Waals surface area contributed by atoms with Crippen molar-refractivity contribution in [3.8, 4) is 5.88 Å². The van der Waals surface area contributed by atoms with Crippen LogP contribution >= 0.6 is 0 Å². The number of methoxy groups -OCH3 is 1. The van der Waals surface area contributed by atoms with Crippen molar-refractivity contribution < 1.29 is 9.13 Å². The van der Waals surface area contributed by atoms with E-state index in [0.717, 1.165) is 12.0 Å². The second kappa shape index (κ2) is 4.57. The second-order valence-electron chi connectivity index (χ2n) is 3.79. The molecular weight excluding hydrogens is 195 g/mol. The van der Waals surface area contributed by atoms with E-state index in [2.05, 4.69) is 10.3 Å². The van der Waals surface area contributed by atoms with E-state index in [0.29, 0.717) is 18.8 Å². The number of hydrogen-bond donors (Lipinski definition) is 1. The van der Waals surface area contributed by atoms with Crippen LogP contribution in [-0.4, -0.2) is 24.3 Å². The molecule has 0 aliphatic heterocycles.